The lowest BCUT2D eigenvalue weighted by molar-refractivity contribution is -0.144. The van der Waals surface area contributed by atoms with Gasteiger partial charge in [0.1, 0.15) is 6.04 Å². The molecular weight excluding hydrogens is 458 g/mol. The molecule has 178 valence electrons. The molecule has 0 radical (unpaired) electrons. The number of ether oxygens (including phenoxy) is 3. The van der Waals surface area contributed by atoms with Crippen LogP contribution in [0.1, 0.15) is 35.5 Å². The molecule has 0 fully saturated rings. The van der Waals surface area contributed by atoms with Gasteiger partial charge >= 0.3 is 5.97 Å². The first-order chi connectivity index (χ1) is 16.3. The van der Waals surface area contributed by atoms with E-state index in [2.05, 4.69) is 10.4 Å². The fourth-order valence-electron chi connectivity index (χ4n) is 4.19. The molecule has 1 aliphatic carbocycles. The van der Waals surface area contributed by atoms with E-state index in [1.165, 1.54) is 7.11 Å². The van der Waals surface area contributed by atoms with E-state index in [4.69, 9.17) is 25.8 Å². The van der Waals surface area contributed by atoms with Gasteiger partial charge in [0.2, 0.25) is 0 Å². The number of nitrogens with zero attached hydrogens (tertiary/aromatic N) is 2. The van der Waals surface area contributed by atoms with E-state index >= 15 is 0 Å². The molecule has 0 aliphatic heterocycles. The van der Waals surface area contributed by atoms with E-state index in [1.54, 1.807) is 25.0 Å². The average Bonchev–Trinajstić information content (AvgIpc) is 3.38. The van der Waals surface area contributed by atoms with Gasteiger partial charge in [0.05, 0.1) is 37.7 Å². The number of carbonyl (C=O) groups is 2. The predicted molar refractivity (Wildman–Crippen MR) is 128 cm³/mol. The largest absolute Gasteiger partial charge is 0.493 e. The minimum Gasteiger partial charge on any atom is -0.493 e. The summed E-state index contributed by atoms with van der Waals surface area (Å²) in [5.41, 5.74) is 4.17. The molecule has 1 aromatic heterocycles. The van der Waals surface area contributed by atoms with Gasteiger partial charge in [-0.2, -0.15) is 5.10 Å². The number of aromatic nitrogens is 2. The van der Waals surface area contributed by atoms with Crippen molar-refractivity contribution in [3.05, 3.63) is 58.2 Å². The first-order valence-corrected chi connectivity index (χ1v) is 11.2. The Hall–Kier alpha value is -3.52. The number of esters is 1. The van der Waals surface area contributed by atoms with Crippen LogP contribution in [0.5, 0.6) is 11.5 Å². The maximum Gasteiger partial charge on any atom is 0.328 e. The van der Waals surface area contributed by atoms with Crippen LogP contribution in [0.4, 0.5) is 0 Å². The number of amides is 1. The molecule has 4 rings (SSSR count). The second-order valence-electron chi connectivity index (χ2n) is 8.30. The maximum atomic E-state index is 13.4. The molecule has 1 heterocycles. The summed E-state index contributed by atoms with van der Waals surface area (Å²) in [6.07, 6.45) is 0.461. The summed E-state index contributed by atoms with van der Waals surface area (Å²) in [6.45, 7) is 3.67. The highest BCUT2D eigenvalue weighted by atomic mass is 35.5. The highest BCUT2D eigenvalue weighted by Crippen LogP contribution is 2.45. The molecule has 9 heteroatoms. The number of hydrogen-bond donors (Lipinski definition) is 1. The summed E-state index contributed by atoms with van der Waals surface area (Å²) in [5, 5.41) is 7.94. The van der Waals surface area contributed by atoms with Crippen LogP contribution in [0, 0.1) is 5.92 Å². The lowest BCUT2D eigenvalue weighted by atomic mass is 10.0. The molecule has 0 saturated heterocycles. The lowest BCUT2D eigenvalue weighted by Gasteiger charge is -2.19. The van der Waals surface area contributed by atoms with Crippen LogP contribution in [0.25, 0.3) is 16.9 Å². The van der Waals surface area contributed by atoms with Crippen molar-refractivity contribution in [2.24, 2.45) is 5.92 Å². The van der Waals surface area contributed by atoms with E-state index in [1.807, 2.05) is 44.2 Å². The number of rotatable bonds is 7. The van der Waals surface area contributed by atoms with E-state index in [9.17, 15) is 9.59 Å². The van der Waals surface area contributed by atoms with Gasteiger partial charge < -0.3 is 19.5 Å². The summed E-state index contributed by atoms with van der Waals surface area (Å²) in [4.78, 5) is 25.6. The van der Waals surface area contributed by atoms with Gasteiger partial charge in [-0.05, 0) is 35.7 Å². The van der Waals surface area contributed by atoms with Crippen molar-refractivity contribution in [1.29, 1.82) is 0 Å². The van der Waals surface area contributed by atoms with Crippen LogP contribution >= 0.6 is 11.6 Å². The molecule has 34 heavy (non-hydrogen) atoms. The third kappa shape index (κ3) is 3.98. The van der Waals surface area contributed by atoms with Crippen molar-refractivity contribution < 1.29 is 23.8 Å². The monoisotopic (exact) mass is 483 g/mol. The number of nitrogens with one attached hydrogen (secondary N) is 1. The smallest absolute Gasteiger partial charge is 0.328 e. The number of halogens is 1. The number of methoxy groups -OCH3 is 3. The Labute approximate surface area is 202 Å². The highest BCUT2D eigenvalue weighted by molar-refractivity contribution is 6.32. The Balaban J connectivity index is 1.88. The molecule has 3 aromatic rings. The molecule has 1 amide bonds. The van der Waals surface area contributed by atoms with Crippen LogP contribution in [0.2, 0.25) is 5.02 Å². The Bertz CT molecular complexity index is 1270. The van der Waals surface area contributed by atoms with E-state index < -0.39 is 17.9 Å². The number of benzene rings is 2. The van der Waals surface area contributed by atoms with Crippen molar-refractivity contribution in [1.82, 2.24) is 15.1 Å². The van der Waals surface area contributed by atoms with Gasteiger partial charge in [-0.1, -0.05) is 37.6 Å². The third-order valence-corrected chi connectivity index (χ3v) is 6.24. The van der Waals surface area contributed by atoms with E-state index in [0.29, 0.717) is 28.6 Å². The van der Waals surface area contributed by atoms with Gasteiger partial charge in [-0.15, -0.1) is 0 Å². The quantitative estimate of drug-likeness (QED) is 0.399. The maximum absolute atomic E-state index is 13.4. The highest BCUT2D eigenvalue weighted by Gasteiger charge is 2.34. The van der Waals surface area contributed by atoms with Crippen molar-refractivity contribution in [3.63, 3.8) is 0 Å². The van der Waals surface area contributed by atoms with Crippen LogP contribution < -0.4 is 14.8 Å². The van der Waals surface area contributed by atoms with Gasteiger partial charge in [0, 0.05) is 17.5 Å². The van der Waals surface area contributed by atoms with Crippen molar-refractivity contribution in [3.8, 4) is 28.4 Å². The van der Waals surface area contributed by atoms with Gasteiger partial charge in [0.25, 0.3) is 5.91 Å². The number of fused-ring (bicyclic) bond motifs is 3. The number of carbonyl (C=O) groups excluding carboxylic acids is 2. The Morgan fingerprint density at radius 2 is 1.76 bits per heavy atom. The van der Waals surface area contributed by atoms with Crippen LogP contribution in [0.15, 0.2) is 36.4 Å². The summed E-state index contributed by atoms with van der Waals surface area (Å²) in [5.74, 6) is 0.0276. The van der Waals surface area contributed by atoms with E-state index in [0.717, 1.165) is 22.4 Å². The molecule has 8 nitrogen and oxygen atoms in total. The normalized spacial score (nSPS) is 12.7. The first kappa shape index (κ1) is 23.6. The van der Waals surface area contributed by atoms with Crippen molar-refractivity contribution in [2.45, 2.75) is 26.3 Å². The predicted octanol–water partition coefficient (Wildman–Crippen LogP) is 4.04. The molecule has 1 N–H and O–H groups in total. The Kier molecular flexibility index (Phi) is 6.52. The molecule has 0 spiro atoms. The molecule has 1 atom stereocenters. The zero-order valence-corrected chi connectivity index (χ0v) is 20.4. The van der Waals surface area contributed by atoms with Gasteiger partial charge in [0.15, 0.2) is 17.2 Å². The Morgan fingerprint density at radius 1 is 1.09 bits per heavy atom. The molecular formula is C25H26ClN3O5. The average molecular weight is 484 g/mol. The number of hydrogen-bond acceptors (Lipinski definition) is 6. The topological polar surface area (TPSA) is 91.7 Å². The number of para-hydroxylation sites is 1. The summed E-state index contributed by atoms with van der Waals surface area (Å²) in [7, 11) is 4.45. The van der Waals surface area contributed by atoms with Gasteiger partial charge in [-0.3, -0.25) is 4.79 Å². The minimum atomic E-state index is -0.803. The molecule has 0 unspecified atom stereocenters. The Morgan fingerprint density at radius 3 is 2.38 bits per heavy atom. The molecule has 0 saturated carbocycles. The minimum absolute atomic E-state index is 0.166. The summed E-state index contributed by atoms with van der Waals surface area (Å²) < 4.78 is 17.5. The third-order valence-electron chi connectivity index (χ3n) is 5.92. The second-order valence-corrected chi connectivity index (χ2v) is 8.71. The second kappa shape index (κ2) is 9.38. The fourth-order valence-corrected chi connectivity index (χ4v) is 4.40. The van der Waals surface area contributed by atoms with Crippen molar-refractivity contribution >= 4 is 23.5 Å². The molecule has 2 aromatic carbocycles. The zero-order valence-electron chi connectivity index (χ0n) is 19.6. The fraction of sp³-hybridized carbons (Fsp3) is 0.320. The van der Waals surface area contributed by atoms with Crippen LogP contribution in [-0.4, -0.2) is 49.0 Å². The lowest BCUT2D eigenvalue weighted by Crippen LogP contribution is -2.45. The zero-order chi connectivity index (χ0) is 24.6. The molecule has 0 bridgehead atoms. The van der Waals surface area contributed by atoms with Crippen LogP contribution in [-0.2, 0) is 16.0 Å². The molecule has 1 aliphatic rings. The standard InChI is InChI=1S/C25H26ClN3O5/c1-13(2)21(25(31)34-5)27-24(30)22-16-10-14-11-19(32-3)20(33-4)12-15(14)23(16)29(28-22)18-9-7-6-8-17(18)26/h6-9,11-13,21H,10H2,1-5H3,(H,27,30)/t21-/m0/s1. The van der Waals surface area contributed by atoms with Crippen molar-refractivity contribution in [2.75, 3.05) is 21.3 Å². The van der Waals surface area contributed by atoms with Crippen LogP contribution in [0.3, 0.4) is 0 Å². The SMILES string of the molecule is COC(=O)[C@@H](NC(=O)c1nn(-c2ccccc2Cl)c2c1Cc1cc(OC)c(OC)cc1-2)C(C)C. The first-order valence-electron chi connectivity index (χ1n) is 10.8. The summed E-state index contributed by atoms with van der Waals surface area (Å²) in [6, 6.07) is 10.3. The van der Waals surface area contributed by atoms with Gasteiger partial charge in [-0.25, -0.2) is 9.48 Å². The summed E-state index contributed by atoms with van der Waals surface area (Å²) >= 11 is 6.50. The van der Waals surface area contributed by atoms with E-state index in [-0.39, 0.29) is 11.6 Å².